The van der Waals surface area contributed by atoms with Crippen LogP contribution in [0, 0.1) is 6.92 Å². The first-order chi connectivity index (χ1) is 20.5. The van der Waals surface area contributed by atoms with Gasteiger partial charge in [0.2, 0.25) is 0 Å². The van der Waals surface area contributed by atoms with Gasteiger partial charge in [-0.3, -0.25) is 9.59 Å². The highest BCUT2D eigenvalue weighted by Crippen LogP contribution is 2.30. The molecule has 0 aliphatic carbocycles. The minimum Gasteiger partial charge on any atom is -0.380 e. The molecule has 2 aromatic heterocycles. The van der Waals surface area contributed by atoms with E-state index >= 15 is 0 Å². The second-order valence-corrected chi connectivity index (χ2v) is 10.6. The van der Waals surface area contributed by atoms with Gasteiger partial charge in [0.05, 0.1) is 22.3 Å². The molecule has 5 aromatic rings. The number of piperidine rings is 1. The summed E-state index contributed by atoms with van der Waals surface area (Å²) in [6, 6.07) is 27.6. The molecule has 0 spiro atoms. The van der Waals surface area contributed by atoms with Crippen LogP contribution in [-0.2, 0) is 6.54 Å². The monoisotopic (exact) mass is 559 g/mol. The number of primary amides is 1. The standard InChI is InChI=1S/C33H33N7O2/c1-22-37-28-12-5-6-13-30(28)40(22)26-14-16-39(17-15-26)33(42)24-10-7-11-25(18-24)38-31-19-29(27(21-36-31)32(34)41)35-20-23-8-3-2-4-9-23/h2-13,18-19,21,26H,14-17,20H2,1H3,(H2,34,41)(H2,35,36,38). The van der Waals surface area contributed by atoms with E-state index in [-0.39, 0.29) is 5.91 Å². The van der Waals surface area contributed by atoms with Crippen LogP contribution in [0.2, 0.25) is 0 Å². The Bertz CT molecular complexity index is 1740. The van der Waals surface area contributed by atoms with Crippen LogP contribution < -0.4 is 16.4 Å². The molecule has 3 heterocycles. The largest absolute Gasteiger partial charge is 0.380 e. The number of carbonyl (C=O) groups excluding carboxylic acids is 2. The second kappa shape index (κ2) is 11.7. The number of rotatable bonds is 8. The molecule has 0 radical (unpaired) electrons. The van der Waals surface area contributed by atoms with E-state index in [4.69, 9.17) is 10.7 Å². The number of hydrogen-bond donors (Lipinski definition) is 3. The van der Waals surface area contributed by atoms with Gasteiger partial charge in [-0.2, -0.15) is 0 Å². The number of amides is 2. The molecule has 1 aliphatic heterocycles. The molecule has 4 N–H and O–H groups in total. The third-order valence-corrected chi connectivity index (χ3v) is 7.77. The highest BCUT2D eigenvalue weighted by Gasteiger charge is 2.26. The summed E-state index contributed by atoms with van der Waals surface area (Å²) >= 11 is 0. The number of likely N-dealkylation sites (tertiary alicyclic amines) is 1. The number of carbonyl (C=O) groups is 2. The van der Waals surface area contributed by atoms with E-state index in [0.717, 1.165) is 41.0 Å². The average Bonchev–Trinajstić information content (AvgIpc) is 3.36. The fraction of sp³-hybridized carbons (Fsp3) is 0.212. The van der Waals surface area contributed by atoms with Crippen molar-refractivity contribution < 1.29 is 9.59 Å². The lowest BCUT2D eigenvalue weighted by Crippen LogP contribution is -2.39. The molecule has 0 atom stereocenters. The van der Waals surface area contributed by atoms with E-state index in [0.29, 0.717) is 48.3 Å². The van der Waals surface area contributed by atoms with Crippen LogP contribution in [-0.4, -0.2) is 44.3 Å². The third kappa shape index (κ3) is 5.67. The fourth-order valence-electron chi connectivity index (χ4n) is 5.67. The Balaban J connectivity index is 1.13. The van der Waals surface area contributed by atoms with E-state index in [1.54, 1.807) is 6.07 Å². The van der Waals surface area contributed by atoms with Crippen molar-refractivity contribution >= 4 is 40.0 Å². The number of nitrogens with zero attached hydrogens (tertiary/aromatic N) is 4. The van der Waals surface area contributed by atoms with Gasteiger partial charge in [-0.1, -0.05) is 48.5 Å². The number of imidazole rings is 1. The van der Waals surface area contributed by atoms with Gasteiger partial charge >= 0.3 is 0 Å². The van der Waals surface area contributed by atoms with Gasteiger partial charge < -0.3 is 25.8 Å². The van der Waals surface area contributed by atoms with E-state index < -0.39 is 5.91 Å². The molecule has 1 fully saturated rings. The molecule has 3 aromatic carbocycles. The Morgan fingerprint density at radius 2 is 1.71 bits per heavy atom. The van der Waals surface area contributed by atoms with E-state index in [9.17, 15) is 9.59 Å². The Hall–Kier alpha value is -5.18. The van der Waals surface area contributed by atoms with Crippen molar-refractivity contribution in [3.63, 3.8) is 0 Å². The van der Waals surface area contributed by atoms with Gasteiger partial charge in [-0.15, -0.1) is 0 Å². The highest BCUT2D eigenvalue weighted by molar-refractivity contribution is 5.99. The van der Waals surface area contributed by atoms with Crippen LogP contribution in [0.5, 0.6) is 0 Å². The number of aromatic nitrogens is 3. The number of benzene rings is 3. The Morgan fingerprint density at radius 3 is 2.50 bits per heavy atom. The summed E-state index contributed by atoms with van der Waals surface area (Å²) in [7, 11) is 0. The van der Waals surface area contributed by atoms with Crippen molar-refractivity contribution in [2.75, 3.05) is 23.7 Å². The minimum atomic E-state index is -0.558. The fourth-order valence-corrected chi connectivity index (χ4v) is 5.67. The lowest BCUT2D eigenvalue weighted by atomic mass is 10.0. The molecule has 0 unspecified atom stereocenters. The Labute approximate surface area is 244 Å². The first-order valence-electron chi connectivity index (χ1n) is 14.1. The number of fused-ring (bicyclic) bond motifs is 1. The van der Waals surface area contributed by atoms with Crippen molar-refractivity contribution in [2.24, 2.45) is 5.73 Å². The van der Waals surface area contributed by atoms with Gasteiger partial charge in [0.25, 0.3) is 11.8 Å². The van der Waals surface area contributed by atoms with Gasteiger partial charge in [0.1, 0.15) is 11.6 Å². The first-order valence-corrected chi connectivity index (χ1v) is 14.1. The maximum atomic E-state index is 13.5. The van der Waals surface area contributed by atoms with Gasteiger partial charge in [0, 0.05) is 49.2 Å². The van der Waals surface area contributed by atoms with E-state index in [2.05, 4.69) is 33.2 Å². The van der Waals surface area contributed by atoms with Crippen LogP contribution in [0.3, 0.4) is 0 Å². The molecule has 212 valence electrons. The maximum Gasteiger partial charge on any atom is 0.253 e. The van der Waals surface area contributed by atoms with Crippen LogP contribution in [0.1, 0.15) is 51.0 Å². The van der Waals surface area contributed by atoms with E-state index in [1.165, 1.54) is 6.20 Å². The van der Waals surface area contributed by atoms with Gasteiger partial charge in [-0.25, -0.2) is 9.97 Å². The number of para-hydroxylation sites is 2. The molecule has 6 rings (SSSR count). The van der Waals surface area contributed by atoms with E-state index in [1.807, 2.05) is 77.7 Å². The summed E-state index contributed by atoms with van der Waals surface area (Å²) in [6.07, 6.45) is 3.21. The minimum absolute atomic E-state index is 0.00608. The summed E-state index contributed by atoms with van der Waals surface area (Å²) in [5.74, 6) is 0.989. The highest BCUT2D eigenvalue weighted by atomic mass is 16.2. The van der Waals surface area contributed by atoms with Gasteiger partial charge in [-0.05, 0) is 55.7 Å². The summed E-state index contributed by atoms with van der Waals surface area (Å²) < 4.78 is 2.32. The summed E-state index contributed by atoms with van der Waals surface area (Å²) in [4.78, 5) is 36.5. The molecular weight excluding hydrogens is 526 g/mol. The lowest BCUT2D eigenvalue weighted by Gasteiger charge is -2.33. The van der Waals surface area contributed by atoms with Crippen LogP contribution in [0.15, 0.2) is 91.1 Å². The molecule has 9 heteroatoms. The first kappa shape index (κ1) is 27.0. The number of aryl methyl sites for hydroxylation is 1. The SMILES string of the molecule is Cc1nc2ccccc2n1C1CCN(C(=O)c2cccc(Nc3cc(NCc4ccccc4)c(C(N)=O)cn3)c2)CC1. The molecule has 2 amide bonds. The molecular formula is C33H33N7O2. The van der Waals surface area contributed by atoms with Crippen LogP contribution in [0.25, 0.3) is 11.0 Å². The number of anilines is 3. The maximum absolute atomic E-state index is 13.5. The molecule has 0 saturated carbocycles. The van der Waals surface area contributed by atoms with Crippen molar-refractivity contribution in [3.05, 3.63) is 114 Å². The Morgan fingerprint density at radius 1 is 0.952 bits per heavy atom. The number of nitrogens with one attached hydrogen (secondary N) is 2. The zero-order valence-corrected chi connectivity index (χ0v) is 23.5. The zero-order chi connectivity index (χ0) is 29.1. The lowest BCUT2D eigenvalue weighted by molar-refractivity contribution is 0.0695. The van der Waals surface area contributed by atoms with Crippen molar-refractivity contribution in [2.45, 2.75) is 32.4 Å². The van der Waals surface area contributed by atoms with Crippen molar-refractivity contribution in [3.8, 4) is 0 Å². The van der Waals surface area contributed by atoms with Crippen LogP contribution >= 0.6 is 0 Å². The topological polar surface area (TPSA) is 118 Å². The van der Waals surface area contributed by atoms with Crippen molar-refractivity contribution in [1.29, 1.82) is 0 Å². The van der Waals surface area contributed by atoms with Crippen molar-refractivity contribution in [1.82, 2.24) is 19.4 Å². The third-order valence-electron chi connectivity index (χ3n) is 7.77. The van der Waals surface area contributed by atoms with Crippen LogP contribution in [0.4, 0.5) is 17.2 Å². The predicted molar refractivity (Wildman–Crippen MR) is 165 cm³/mol. The quantitative estimate of drug-likeness (QED) is 0.225. The molecule has 42 heavy (non-hydrogen) atoms. The predicted octanol–water partition coefficient (Wildman–Crippen LogP) is 5.67. The molecule has 0 bridgehead atoms. The molecule has 1 saturated heterocycles. The Kier molecular flexibility index (Phi) is 7.55. The van der Waals surface area contributed by atoms with Gasteiger partial charge in [0.15, 0.2) is 0 Å². The second-order valence-electron chi connectivity index (χ2n) is 10.6. The normalized spacial score (nSPS) is 13.7. The number of pyridine rings is 1. The molecule has 1 aliphatic rings. The summed E-state index contributed by atoms with van der Waals surface area (Å²) in [6.45, 7) is 3.94. The number of nitrogens with two attached hydrogens (primary N) is 1. The smallest absolute Gasteiger partial charge is 0.253 e. The summed E-state index contributed by atoms with van der Waals surface area (Å²) in [5, 5.41) is 6.56. The summed E-state index contributed by atoms with van der Waals surface area (Å²) in [5.41, 5.74) is 11.0. The zero-order valence-electron chi connectivity index (χ0n) is 23.5. The average molecular weight is 560 g/mol. The molecule has 9 nitrogen and oxygen atoms in total. The number of hydrogen-bond acceptors (Lipinski definition) is 6.